The van der Waals surface area contributed by atoms with E-state index in [1.165, 1.54) is 41.2 Å². The molecule has 66 valence electrons. The number of rotatable bonds is 5. The maximum atomic E-state index is 2.30. The van der Waals surface area contributed by atoms with Crippen LogP contribution in [0.15, 0.2) is 24.3 Å². The summed E-state index contributed by atoms with van der Waals surface area (Å²) in [4.78, 5) is 0. The zero-order valence-electron chi connectivity index (χ0n) is 8.22. The second kappa shape index (κ2) is 6.34. The fourth-order valence-corrected chi connectivity index (χ4v) is 5.82. The molecule has 0 saturated heterocycles. The maximum Gasteiger partial charge on any atom is 0.0186 e. The van der Waals surface area contributed by atoms with Gasteiger partial charge in [-0.25, -0.2) is 0 Å². The van der Waals surface area contributed by atoms with Crippen LogP contribution in [0.3, 0.4) is 0 Å². The molecule has 0 aliphatic carbocycles. The van der Waals surface area contributed by atoms with Gasteiger partial charge < -0.3 is 0 Å². The van der Waals surface area contributed by atoms with Gasteiger partial charge in [-0.1, -0.05) is 42.4 Å². The van der Waals surface area contributed by atoms with Gasteiger partial charge in [0.15, 0.2) is 0 Å². The Morgan fingerprint density at radius 1 is 1.15 bits per heavy atom. The molecule has 13 heavy (non-hydrogen) atoms. The van der Waals surface area contributed by atoms with Gasteiger partial charge in [0.05, 0.1) is 0 Å². The molecule has 1 rings (SSSR count). The molecule has 0 saturated carbocycles. The van der Waals surface area contributed by atoms with E-state index in [0.717, 1.165) is 9.04 Å². The molecular weight excluding hydrogens is 204 g/mol. The molecule has 0 nitrogen and oxygen atoms in total. The Balaban J connectivity index is 2.25. The minimum atomic E-state index is 1.16. The monoisotopic (exact) mass is 218 g/mol. The van der Waals surface area contributed by atoms with E-state index in [4.69, 9.17) is 0 Å². The molecule has 3 heteroatoms. The summed E-state index contributed by atoms with van der Waals surface area (Å²) >= 11 is 0. The Bertz CT molecular complexity index is 230. The van der Waals surface area contributed by atoms with E-state index in [9.17, 15) is 0 Å². The predicted octanol–water partition coefficient (Wildman–Crippen LogP) is 1.95. The first kappa shape index (κ1) is 10.9. The number of hydrogen-bond acceptors (Lipinski definition) is 0. The Morgan fingerprint density at radius 3 is 2.46 bits per heavy atom. The second-order valence-corrected chi connectivity index (χ2v) is 10.2. The molecule has 0 aromatic heterocycles. The fourth-order valence-electron chi connectivity index (χ4n) is 1.11. The lowest BCUT2D eigenvalue weighted by Gasteiger charge is -2.00. The zero-order valence-corrected chi connectivity index (χ0v) is 11.2. The third-order valence-corrected chi connectivity index (χ3v) is 8.67. The van der Waals surface area contributed by atoms with Crippen LogP contribution in [0, 0.1) is 6.92 Å². The van der Waals surface area contributed by atoms with Crippen molar-refractivity contribution in [3.8, 4) is 0 Å². The van der Waals surface area contributed by atoms with Crippen LogP contribution >= 0.6 is 0 Å². The Kier molecular flexibility index (Phi) is 5.34. The lowest BCUT2D eigenvalue weighted by molar-refractivity contribution is 1.13. The average Bonchev–Trinajstić information content (AvgIpc) is 2.15. The molecule has 0 aliphatic heterocycles. The lowest BCUT2D eigenvalue weighted by Crippen LogP contribution is -2.09. The molecule has 0 bridgehead atoms. The summed E-state index contributed by atoms with van der Waals surface area (Å²) in [5.41, 5.74) is 2.87. The van der Waals surface area contributed by atoms with Crippen LogP contribution in [0.1, 0.15) is 11.1 Å². The van der Waals surface area contributed by atoms with E-state index in [1.54, 1.807) is 0 Å². The van der Waals surface area contributed by atoms with Gasteiger partial charge in [-0.3, -0.25) is 0 Å². The van der Waals surface area contributed by atoms with Gasteiger partial charge in [0.2, 0.25) is 0 Å². The molecular formula is C10H14Si3. The van der Waals surface area contributed by atoms with Gasteiger partial charge in [-0.15, -0.1) is 0 Å². The molecule has 0 spiro atoms. The average molecular weight is 218 g/mol. The van der Waals surface area contributed by atoms with Crippen LogP contribution in [0.4, 0.5) is 0 Å². The highest BCUT2D eigenvalue weighted by molar-refractivity contribution is 7.29. The molecule has 0 fully saturated rings. The van der Waals surface area contributed by atoms with Crippen LogP contribution < -0.4 is 0 Å². The van der Waals surface area contributed by atoms with Gasteiger partial charge in [0, 0.05) is 26.6 Å². The largest absolute Gasteiger partial charge is 0.0761 e. The normalized spacial score (nSPS) is 10.3. The summed E-state index contributed by atoms with van der Waals surface area (Å²) in [6.45, 7) is 4.45. The number of hydrogen-bond donors (Lipinski definition) is 0. The molecule has 1 aromatic rings. The first-order chi connectivity index (χ1) is 6.33. The summed E-state index contributed by atoms with van der Waals surface area (Å²) < 4.78 is 0. The van der Waals surface area contributed by atoms with Crippen molar-refractivity contribution in [1.29, 1.82) is 0 Å². The maximum absolute atomic E-state index is 2.30. The topological polar surface area (TPSA) is 0 Å². The summed E-state index contributed by atoms with van der Waals surface area (Å²) in [6.07, 6.45) is 1.27. The summed E-state index contributed by atoms with van der Waals surface area (Å²) in [6, 6.07) is 10.3. The van der Waals surface area contributed by atoms with Crippen molar-refractivity contribution in [2.45, 2.75) is 25.9 Å². The quantitative estimate of drug-likeness (QED) is 0.523. The highest BCUT2D eigenvalue weighted by Gasteiger charge is 1.93. The standard InChI is InChI=1S/C10H14Si3/c1-9-3-5-10(6-4-9)7-8-12-13-11-2/h3-6H,7-8H2,1-2H3. The SMILES string of the molecule is C[Si][Si][Si]CCc1ccc(C)cc1. The Morgan fingerprint density at radius 2 is 1.85 bits per heavy atom. The van der Waals surface area contributed by atoms with E-state index in [1.807, 2.05) is 0 Å². The van der Waals surface area contributed by atoms with Crippen LogP contribution in [-0.4, -0.2) is 26.6 Å². The van der Waals surface area contributed by atoms with Crippen molar-refractivity contribution in [1.82, 2.24) is 0 Å². The first-order valence-corrected chi connectivity index (χ1v) is 10.2. The highest BCUT2D eigenvalue weighted by atomic mass is 29.5. The van der Waals surface area contributed by atoms with Crippen LogP contribution in [0.25, 0.3) is 0 Å². The Hall–Kier alpha value is -0.129. The van der Waals surface area contributed by atoms with Gasteiger partial charge in [-0.2, -0.15) is 0 Å². The highest BCUT2D eigenvalue weighted by Crippen LogP contribution is 2.05. The van der Waals surface area contributed by atoms with E-state index in [2.05, 4.69) is 37.7 Å². The van der Waals surface area contributed by atoms with Crippen molar-refractivity contribution in [3.05, 3.63) is 35.4 Å². The molecule has 0 atom stereocenters. The molecule has 0 heterocycles. The molecule has 0 aliphatic rings. The van der Waals surface area contributed by atoms with Crippen LogP contribution in [-0.2, 0) is 6.42 Å². The molecule has 0 amide bonds. The molecule has 6 radical (unpaired) electrons. The molecule has 0 N–H and O–H groups in total. The zero-order chi connectivity index (χ0) is 9.52. The third kappa shape index (κ3) is 4.59. The van der Waals surface area contributed by atoms with Crippen LogP contribution in [0.2, 0.25) is 12.6 Å². The lowest BCUT2D eigenvalue weighted by atomic mass is 10.1. The van der Waals surface area contributed by atoms with E-state index < -0.39 is 0 Å². The summed E-state index contributed by atoms with van der Waals surface area (Å²) in [7, 11) is 3.58. The van der Waals surface area contributed by atoms with Crippen LogP contribution in [0.5, 0.6) is 0 Å². The van der Waals surface area contributed by atoms with Gasteiger partial charge in [0.25, 0.3) is 0 Å². The molecule has 1 aromatic carbocycles. The minimum absolute atomic E-state index is 1.16. The van der Waals surface area contributed by atoms with Crippen molar-refractivity contribution < 1.29 is 0 Å². The Labute approximate surface area is 88.2 Å². The summed E-state index contributed by atoms with van der Waals surface area (Å²) in [5, 5.41) is 0. The van der Waals surface area contributed by atoms with Crippen molar-refractivity contribution in [2.75, 3.05) is 0 Å². The van der Waals surface area contributed by atoms with Crippen molar-refractivity contribution >= 4 is 26.6 Å². The van der Waals surface area contributed by atoms with Crippen molar-refractivity contribution in [3.63, 3.8) is 0 Å². The van der Waals surface area contributed by atoms with E-state index in [0.29, 0.717) is 0 Å². The van der Waals surface area contributed by atoms with Crippen molar-refractivity contribution in [2.24, 2.45) is 0 Å². The first-order valence-electron chi connectivity index (χ1n) is 4.53. The van der Waals surface area contributed by atoms with Gasteiger partial charge in [0.1, 0.15) is 0 Å². The van der Waals surface area contributed by atoms with Gasteiger partial charge in [-0.05, 0) is 18.9 Å². The number of benzene rings is 1. The van der Waals surface area contributed by atoms with Gasteiger partial charge >= 0.3 is 0 Å². The minimum Gasteiger partial charge on any atom is -0.0761 e. The second-order valence-electron chi connectivity index (χ2n) is 3.04. The molecule has 0 unspecified atom stereocenters. The number of aryl methyl sites for hydroxylation is 2. The van der Waals surface area contributed by atoms with E-state index in [-0.39, 0.29) is 0 Å². The smallest absolute Gasteiger partial charge is 0.0186 e. The predicted molar refractivity (Wildman–Crippen MR) is 62.8 cm³/mol. The summed E-state index contributed by atoms with van der Waals surface area (Å²) in [5.74, 6) is 0. The fraction of sp³-hybridized carbons (Fsp3) is 0.400. The third-order valence-electron chi connectivity index (χ3n) is 1.87. The van der Waals surface area contributed by atoms with E-state index >= 15 is 0 Å².